The van der Waals surface area contributed by atoms with Crippen molar-refractivity contribution < 1.29 is 18.4 Å². The van der Waals surface area contributed by atoms with Crippen molar-refractivity contribution in [2.75, 3.05) is 5.32 Å². The Labute approximate surface area is 144 Å². The zero-order valence-electron chi connectivity index (χ0n) is 13.9. The Bertz CT molecular complexity index is 761. The number of hydrogen-bond donors (Lipinski definition) is 3. The molecule has 3 amide bonds. The largest absolute Gasteiger partial charge is 0.348 e. The van der Waals surface area contributed by atoms with Gasteiger partial charge in [-0.25, -0.2) is 13.6 Å². The Morgan fingerprint density at radius 3 is 2.28 bits per heavy atom. The minimum absolute atomic E-state index is 0.0331. The molecule has 2 aromatic carbocycles. The number of rotatable bonds is 5. The molecule has 0 heterocycles. The molecule has 25 heavy (non-hydrogen) atoms. The van der Waals surface area contributed by atoms with E-state index in [4.69, 9.17) is 0 Å². The molecule has 132 valence electrons. The van der Waals surface area contributed by atoms with Crippen molar-refractivity contribution in [2.24, 2.45) is 0 Å². The second-order valence-electron chi connectivity index (χ2n) is 5.76. The summed E-state index contributed by atoms with van der Waals surface area (Å²) in [6.45, 7) is 3.94. The van der Waals surface area contributed by atoms with Gasteiger partial charge in [0.1, 0.15) is 0 Å². The summed E-state index contributed by atoms with van der Waals surface area (Å²) < 4.78 is 26.0. The van der Waals surface area contributed by atoms with E-state index in [-0.39, 0.29) is 24.2 Å². The molecule has 0 aliphatic carbocycles. The second kappa shape index (κ2) is 8.23. The van der Waals surface area contributed by atoms with Gasteiger partial charge in [0.2, 0.25) is 0 Å². The third kappa shape index (κ3) is 5.56. The van der Waals surface area contributed by atoms with Crippen LogP contribution in [0.1, 0.15) is 29.8 Å². The molecule has 0 atom stereocenters. The second-order valence-corrected chi connectivity index (χ2v) is 5.76. The molecule has 0 saturated carbocycles. The van der Waals surface area contributed by atoms with Crippen molar-refractivity contribution in [3.8, 4) is 0 Å². The van der Waals surface area contributed by atoms with Crippen LogP contribution in [-0.4, -0.2) is 18.0 Å². The molecular formula is C18H19F2N3O2. The van der Waals surface area contributed by atoms with Gasteiger partial charge in [-0.1, -0.05) is 12.1 Å². The first kappa shape index (κ1) is 18.4. The average molecular weight is 347 g/mol. The number of carbonyl (C=O) groups excluding carboxylic acids is 2. The van der Waals surface area contributed by atoms with E-state index in [1.807, 2.05) is 13.8 Å². The zero-order valence-corrected chi connectivity index (χ0v) is 13.9. The van der Waals surface area contributed by atoms with Crippen LogP contribution in [0.4, 0.5) is 19.3 Å². The van der Waals surface area contributed by atoms with Crippen LogP contribution in [0.3, 0.4) is 0 Å². The fraction of sp³-hybridized carbons (Fsp3) is 0.222. The van der Waals surface area contributed by atoms with Gasteiger partial charge in [-0.15, -0.1) is 0 Å². The van der Waals surface area contributed by atoms with Crippen LogP contribution in [-0.2, 0) is 6.54 Å². The van der Waals surface area contributed by atoms with Crippen molar-refractivity contribution in [3.63, 3.8) is 0 Å². The van der Waals surface area contributed by atoms with Crippen LogP contribution in [0, 0.1) is 11.6 Å². The molecular weight excluding hydrogens is 328 g/mol. The van der Waals surface area contributed by atoms with Crippen molar-refractivity contribution >= 4 is 17.6 Å². The summed E-state index contributed by atoms with van der Waals surface area (Å²) in [6.07, 6.45) is 0. The Hall–Kier alpha value is -2.96. The molecule has 0 aliphatic rings. The van der Waals surface area contributed by atoms with Gasteiger partial charge in [0, 0.05) is 23.8 Å². The molecule has 2 rings (SSSR count). The smallest absolute Gasteiger partial charge is 0.319 e. The Morgan fingerprint density at radius 1 is 1.00 bits per heavy atom. The van der Waals surface area contributed by atoms with E-state index in [1.54, 1.807) is 24.3 Å². The van der Waals surface area contributed by atoms with Crippen LogP contribution < -0.4 is 16.0 Å². The number of hydrogen-bond acceptors (Lipinski definition) is 2. The number of carbonyl (C=O) groups is 2. The molecule has 0 unspecified atom stereocenters. The molecule has 2 aromatic rings. The maximum Gasteiger partial charge on any atom is 0.319 e. The third-order valence-corrected chi connectivity index (χ3v) is 3.27. The van der Waals surface area contributed by atoms with E-state index >= 15 is 0 Å². The summed E-state index contributed by atoms with van der Waals surface area (Å²) in [4.78, 5) is 23.5. The van der Waals surface area contributed by atoms with E-state index in [9.17, 15) is 18.4 Å². The minimum Gasteiger partial charge on any atom is -0.348 e. The van der Waals surface area contributed by atoms with Crippen molar-refractivity contribution in [1.82, 2.24) is 10.6 Å². The summed E-state index contributed by atoms with van der Waals surface area (Å²) in [7, 11) is 0. The standard InChI is InChI=1S/C18H19F2N3O2/c1-11(2)22-18(25)23-14-6-3-12(4-7-14)10-21-17(24)13-5-8-15(19)16(20)9-13/h3-9,11H,10H2,1-2H3,(H,21,24)(H2,22,23,25). The first-order chi connectivity index (χ1) is 11.8. The van der Waals surface area contributed by atoms with E-state index < -0.39 is 17.5 Å². The molecule has 0 bridgehead atoms. The maximum absolute atomic E-state index is 13.1. The normalized spacial score (nSPS) is 10.4. The molecule has 0 saturated heterocycles. The van der Waals surface area contributed by atoms with Crippen LogP contribution >= 0.6 is 0 Å². The molecule has 0 radical (unpaired) electrons. The lowest BCUT2D eigenvalue weighted by molar-refractivity contribution is 0.0950. The number of nitrogens with one attached hydrogen (secondary N) is 3. The Morgan fingerprint density at radius 2 is 1.68 bits per heavy atom. The third-order valence-electron chi connectivity index (χ3n) is 3.27. The van der Waals surface area contributed by atoms with Crippen molar-refractivity contribution in [3.05, 3.63) is 65.2 Å². The van der Waals surface area contributed by atoms with Crippen LogP contribution in [0.2, 0.25) is 0 Å². The zero-order chi connectivity index (χ0) is 18.4. The monoisotopic (exact) mass is 347 g/mol. The lowest BCUT2D eigenvalue weighted by Gasteiger charge is -2.11. The van der Waals surface area contributed by atoms with E-state index in [1.165, 1.54) is 6.07 Å². The first-order valence-electron chi connectivity index (χ1n) is 7.75. The van der Waals surface area contributed by atoms with Crippen LogP contribution in [0.25, 0.3) is 0 Å². The number of anilines is 1. The van der Waals surface area contributed by atoms with Gasteiger partial charge in [0.15, 0.2) is 11.6 Å². The number of amides is 3. The van der Waals surface area contributed by atoms with Gasteiger partial charge in [0.25, 0.3) is 5.91 Å². The van der Waals surface area contributed by atoms with Crippen LogP contribution in [0.5, 0.6) is 0 Å². The average Bonchev–Trinajstić information content (AvgIpc) is 2.55. The minimum atomic E-state index is -1.07. The Balaban J connectivity index is 1.89. The highest BCUT2D eigenvalue weighted by atomic mass is 19.2. The van der Waals surface area contributed by atoms with Gasteiger partial charge in [0.05, 0.1) is 0 Å². The predicted octanol–water partition coefficient (Wildman–Crippen LogP) is 3.42. The van der Waals surface area contributed by atoms with Gasteiger partial charge in [-0.05, 0) is 49.7 Å². The fourth-order valence-electron chi connectivity index (χ4n) is 2.06. The quantitative estimate of drug-likeness (QED) is 0.776. The number of halogens is 2. The highest BCUT2D eigenvalue weighted by Gasteiger charge is 2.09. The van der Waals surface area contributed by atoms with E-state index in [0.717, 1.165) is 17.7 Å². The summed E-state index contributed by atoms with van der Waals surface area (Å²) in [6, 6.07) is 9.62. The Kier molecular flexibility index (Phi) is 6.05. The highest BCUT2D eigenvalue weighted by molar-refractivity contribution is 5.94. The van der Waals surface area contributed by atoms with Gasteiger partial charge in [-0.2, -0.15) is 0 Å². The molecule has 0 aromatic heterocycles. The van der Waals surface area contributed by atoms with Gasteiger partial charge in [-0.3, -0.25) is 4.79 Å². The van der Waals surface area contributed by atoms with Gasteiger partial charge < -0.3 is 16.0 Å². The molecule has 0 aliphatic heterocycles. The molecule has 5 nitrogen and oxygen atoms in total. The number of benzene rings is 2. The van der Waals surface area contributed by atoms with Gasteiger partial charge >= 0.3 is 6.03 Å². The number of urea groups is 1. The summed E-state index contributed by atoms with van der Waals surface area (Å²) >= 11 is 0. The fourth-order valence-corrected chi connectivity index (χ4v) is 2.06. The van der Waals surface area contributed by atoms with Crippen LogP contribution in [0.15, 0.2) is 42.5 Å². The summed E-state index contributed by atoms with van der Waals surface area (Å²) in [5.41, 5.74) is 1.46. The van der Waals surface area contributed by atoms with E-state index in [0.29, 0.717) is 5.69 Å². The highest BCUT2D eigenvalue weighted by Crippen LogP contribution is 2.11. The lowest BCUT2D eigenvalue weighted by Crippen LogP contribution is -2.34. The van der Waals surface area contributed by atoms with E-state index in [2.05, 4.69) is 16.0 Å². The molecule has 7 heteroatoms. The first-order valence-corrected chi connectivity index (χ1v) is 7.75. The predicted molar refractivity (Wildman–Crippen MR) is 91.3 cm³/mol. The summed E-state index contributed by atoms with van der Waals surface area (Å²) in [5.74, 6) is -2.57. The molecule has 0 fully saturated rings. The molecule has 3 N–H and O–H groups in total. The lowest BCUT2D eigenvalue weighted by atomic mass is 10.1. The summed E-state index contributed by atoms with van der Waals surface area (Å²) in [5, 5.41) is 8.02. The SMILES string of the molecule is CC(C)NC(=O)Nc1ccc(CNC(=O)c2ccc(F)c(F)c2)cc1. The maximum atomic E-state index is 13.1. The van der Waals surface area contributed by atoms with Crippen molar-refractivity contribution in [2.45, 2.75) is 26.4 Å². The topological polar surface area (TPSA) is 70.2 Å². The molecule has 0 spiro atoms. The van der Waals surface area contributed by atoms with Crippen molar-refractivity contribution in [1.29, 1.82) is 0 Å².